The summed E-state index contributed by atoms with van der Waals surface area (Å²) in [6.45, 7) is 1.75. The van der Waals surface area contributed by atoms with Crippen LogP contribution in [0.3, 0.4) is 0 Å². The zero-order valence-corrected chi connectivity index (χ0v) is 12.9. The number of hydrogen-bond acceptors (Lipinski definition) is 0. The molecular formula is C14H21F9. The van der Waals surface area contributed by atoms with Crippen molar-refractivity contribution in [3.8, 4) is 0 Å². The summed E-state index contributed by atoms with van der Waals surface area (Å²) < 4.78 is 113. The summed E-state index contributed by atoms with van der Waals surface area (Å²) in [5.41, 5.74) is 0. The summed E-state index contributed by atoms with van der Waals surface area (Å²) >= 11 is 0. The fraction of sp³-hybridized carbons (Fsp3) is 1.00. The highest BCUT2D eigenvalue weighted by Crippen LogP contribution is 2.40. The van der Waals surface area contributed by atoms with Gasteiger partial charge in [-0.2, -0.15) is 30.7 Å². The molecule has 0 radical (unpaired) electrons. The monoisotopic (exact) mass is 360 g/mol. The van der Waals surface area contributed by atoms with Crippen LogP contribution in [0.25, 0.3) is 0 Å². The van der Waals surface area contributed by atoms with Crippen molar-refractivity contribution in [2.24, 2.45) is 5.92 Å². The first-order valence-corrected chi connectivity index (χ1v) is 7.34. The molecule has 0 aromatic heterocycles. The minimum absolute atomic E-state index is 0.0102. The zero-order valence-electron chi connectivity index (χ0n) is 12.9. The van der Waals surface area contributed by atoms with E-state index >= 15 is 0 Å². The molecule has 0 saturated carbocycles. The summed E-state index contributed by atoms with van der Waals surface area (Å²) in [7, 11) is 0. The van der Waals surface area contributed by atoms with Crippen molar-refractivity contribution in [3.63, 3.8) is 0 Å². The van der Waals surface area contributed by atoms with E-state index in [1.807, 2.05) is 0 Å². The van der Waals surface area contributed by atoms with Crippen molar-refractivity contribution >= 4 is 0 Å². The Morgan fingerprint density at radius 3 is 1.39 bits per heavy atom. The van der Waals surface area contributed by atoms with Crippen LogP contribution in [-0.2, 0) is 0 Å². The van der Waals surface area contributed by atoms with Gasteiger partial charge in [-0.1, -0.05) is 26.2 Å². The van der Waals surface area contributed by atoms with Gasteiger partial charge in [-0.3, -0.25) is 0 Å². The number of rotatable bonds is 10. The van der Waals surface area contributed by atoms with Gasteiger partial charge >= 0.3 is 23.9 Å². The van der Waals surface area contributed by atoms with E-state index in [0.717, 1.165) is 0 Å². The molecule has 0 N–H and O–H groups in total. The highest BCUT2D eigenvalue weighted by molar-refractivity contribution is 4.81. The largest absolute Gasteiger partial charge is 0.453 e. The van der Waals surface area contributed by atoms with Crippen molar-refractivity contribution in [2.45, 2.75) is 82.7 Å². The molecule has 0 aromatic rings. The minimum Gasteiger partial charge on any atom is -0.200 e. The Hall–Kier alpha value is -0.630. The lowest BCUT2D eigenvalue weighted by molar-refractivity contribution is -0.284. The van der Waals surface area contributed by atoms with Crippen LogP contribution in [-0.4, -0.2) is 23.9 Å². The van der Waals surface area contributed by atoms with Crippen molar-refractivity contribution in [2.75, 3.05) is 0 Å². The molecule has 1 unspecified atom stereocenters. The summed E-state index contributed by atoms with van der Waals surface area (Å²) in [5.74, 6) is -13.4. The number of alkyl halides is 9. The molecule has 1 atom stereocenters. The molecule has 0 aliphatic heterocycles. The summed E-state index contributed by atoms with van der Waals surface area (Å²) in [6, 6.07) is 0. The predicted molar refractivity (Wildman–Crippen MR) is 68.1 cm³/mol. The lowest BCUT2D eigenvalue weighted by Crippen LogP contribution is -2.37. The smallest absolute Gasteiger partial charge is 0.200 e. The third kappa shape index (κ3) is 7.20. The molecule has 23 heavy (non-hydrogen) atoms. The van der Waals surface area contributed by atoms with Crippen LogP contribution in [0.15, 0.2) is 0 Å². The van der Waals surface area contributed by atoms with Crippen LogP contribution in [0.5, 0.6) is 0 Å². The maximum absolute atomic E-state index is 13.1. The van der Waals surface area contributed by atoms with Gasteiger partial charge in [0.15, 0.2) is 0 Å². The van der Waals surface area contributed by atoms with Gasteiger partial charge in [0.25, 0.3) is 0 Å². The van der Waals surface area contributed by atoms with Gasteiger partial charge in [0.1, 0.15) is 0 Å². The third-order valence-corrected chi connectivity index (χ3v) is 3.84. The Morgan fingerprint density at radius 1 is 0.696 bits per heavy atom. The Kier molecular flexibility index (Phi) is 7.74. The maximum Gasteiger partial charge on any atom is 0.453 e. The normalized spacial score (nSPS) is 15.8. The van der Waals surface area contributed by atoms with Crippen LogP contribution in [0, 0.1) is 5.92 Å². The van der Waals surface area contributed by atoms with E-state index in [0.29, 0.717) is 6.42 Å². The van der Waals surface area contributed by atoms with Crippen LogP contribution in [0.2, 0.25) is 0 Å². The second-order valence-corrected chi connectivity index (χ2v) is 5.85. The summed E-state index contributed by atoms with van der Waals surface area (Å²) in [5, 5.41) is 0. The van der Waals surface area contributed by atoms with Crippen LogP contribution < -0.4 is 0 Å². The molecule has 0 fully saturated rings. The fourth-order valence-electron chi connectivity index (χ4n) is 2.14. The molecule has 0 rings (SSSR count). The van der Waals surface area contributed by atoms with Gasteiger partial charge in [0.05, 0.1) is 0 Å². The molecule has 0 bridgehead atoms. The first-order chi connectivity index (χ1) is 10.1. The Labute approximate surface area is 129 Å². The lowest BCUT2D eigenvalue weighted by Gasteiger charge is -2.24. The predicted octanol–water partition coefficient (Wildman–Crippen LogP) is 6.84. The quantitative estimate of drug-likeness (QED) is 0.374. The number of halogens is 9. The maximum atomic E-state index is 13.1. The number of hydrogen-bond donors (Lipinski definition) is 0. The van der Waals surface area contributed by atoms with Crippen LogP contribution >= 0.6 is 0 Å². The van der Waals surface area contributed by atoms with Crippen molar-refractivity contribution in [3.05, 3.63) is 0 Å². The molecule has 0 spiro atoms. The van der Waals surface area contributed by atoms with E-state index in [1.165, 1.54) is 0 Å². The van der Waals surface area contributed by atoms with Crippen molar-refractivity contribution in [1.29, 1.82) is 0 Å². The molecule has 140 valence electrons. The highest BCUT2D eigenvalue weighted by atomic mass is 19.4. The SMILES string of the molecule is CCC(CCCC(F)(F)C(C)(F)F)CCCC(F)(F)C(F)(F)F. The third-order valence-electron chi connectivity index (χ3n) is 3.84. The second kappa shape index (κ2) is 7.96. The molecular weight excluding hydrogens is 339 g/mol. The first kappa shape index (κ1) is 22.4. The van der Waals surface area contributed by atoms with E-state index in [-0.39, 0.29) is 32.1 Å². The standard InChI is InChI=1S/C14H21F9/c1-3-10(6-4-8-12(17,18)11(2,15)16)7-5-9-13(19,20)14(21,22)23/h10H,3-9H2,1-2H3. The van der Waals surface area contributed by atoms with Gasteiger partial charge < -0.3 is 0 Å². The van der Waals surface area contributed by atoms with E-state index in [1.54, 1.807) is 6.92 Å². The Morgan fingerprint density at radius 2 is 1.09 bits per heavy atom. The molecule has 0 aromatic carbocycles. The lowest BCUT2D eigenvalue weighted by atomic mass is 9.91. The van der Waals surface area contributed by atoms with E-state index < -0.39 is 43.2 Å². The summed E-state index contributed by atoms with van der Waals surface area (Å²) in [6.07, 6.45) is -8.19. The topological polar surface area (TPSA) is 0 Å². The first-order valence-electron chi connectivity index (χ1n) is 7.34. The Bertz CT molecular complexity index is 309. The van der Waals surface area contributed by atoms with E-state index in [9.17, 15) is 39.5 Å². The van der Waals surface area contributed by atoms with Gasteiger partial charge in [0.2, 0.25) is 0 Å². The Balaban J connectivity index is 4.24. The van der Waals surface area contributed by atoms with Crippen molar-refractivity contribution in [1.82, 2.24) is 0 Å². The van der Waals surface area contributed by atoms with Gasteiger partial charge in [-0.25, -0.2) is 8.78 Å². The van der Waals surface area contributed by atoms with Gasteiger partial charge in [-0.05, 0) is 18.8 Å². The average molecular weight is 360 g/mol. The second-order valence-electron chi connectivity index (χ2n) is 5.85. The average Bonchev–Trinajstić information content (AvgIpc) is 2.33. The van der Waals surface area contributed by atoms with E-state index in [2.05, 4.69) is 0 Å². The zero-order chi connectivity index (χ0) is 18.5. The molecule has 0 aliphatic carbocycles. The molecule has 0 aliphatic rings. The van der Waals surface area contributed by atoms with Crippen LogP contribution in [0.1, 0.15) is 58.8 Å². The van der Waals surface area contributed by atoms with Gasteiger partial charge in [-0.15, -0.1) is 0 Å². The molecule has 0 heterocycles. The minimum atomic E-state index is -5.61. The fourth-order valence-corrected chi connectivity index (χ4v) is 2.14. The van der Waals surface area contributed by atoms with E-state index in [4.69, 9.17) is 0 Å². The molecule has 0 nitrogen and oxygen atoms in total. The van der Waals surface area contributed by atoms with Crippen molar-refractivity contribution < 1.29 is 39.5 Å². The molecule has 0 amide bonds. The summed E-state index contributed by atoms with van der Waals surface area (Å²) in [4.78, 5) is 0. The van der Waals surface area contributed by atoms with Crippen LogP contribution in [0.4, 0.5) is 39.5 Å². The highest BCUT2D eigenvalue weighted by Gasteiger charge is 2.56. The molecule has 9 heteroatoms. The van der Waals surface area contributed by atoms with Gasteiger partial charge in [0, 0.05) is 19.8 Å². The molecule has 0 saturated heterocycles.